The lowest BCUT2D eigenvalue weighted by atomic mass is 10.0. The van der Waals surface area contributed by atoms with Gasteiger partial charge in [0, 0.05) is 36.3 Å². The Morgan fingerprint density at radius 1 is 1.11 bits per heavy atom. The molecule has 0 aromatic heterocycles. The number of halogens is 3. The van der Waals surface area contributed by atoms with Gasteiger partial charge in [-0.05, 0) is 49.1 Å². The van der Waals surface area contributed by atoms with E-state index in [1.54, 1.807) is 0 Å². The van der Waals surface area contributed by atoms with Crippen LogP contribution < -0.4 is 0 Å². The van der Waals surface area contributed by atoms with Gasteiger partial charge in [0.1, 0.15) is 11.6 Å². The Hall–Kier alpha value is -1.54. The summed E-state index contributed by atoms with van der Waals surface area (Å²) < 4.78 is 54.4. The van der Waals surface area contributed by atoms with Gasteiger partial charge in [0.15, 0.2) is 0 Å². The van der Waals surface area contributed by atoms with Gasteiger partial charge in [-0.2, -0.15) is 4.31 Å². The number of sulfonamides is 1. The molecule has 148 valence electrons. The van der Waals surface area contributed by atoms with Crippen molar-refractivity contribution in [2.45, 2.75) is 31.2 Å². The Bertz CT molecular complexity index is 860. The molecular formula is C19H22ClF2NO3S. The number of rotatable bonds is 9. The van der Waals surface area contributed by atoms with Gasteiger partial charge >= 0.3 is 0 Å². The maximum absolute atomic E-state index is 14.1. The van der Waals surface area contributed by atoms with Gasteiger partial charge < -0.3 is 5.11 Å². The summed E-state index contributed by atoms with van der Waals surface area (Å²) in [5.74, 6) is -1.43. The zero-order chi connectivity index (χ0) is 20.0. The van der Waals surface area contributed by atoms with Crippen molar-refractivity contribution in [1.29, 1.82) is 0 Å². The van der Waals surface area contributed by atoms with Crippen LogP contribution in [0.15, 0.2) is 47.4 Å². The Balaban J connectivity index is 2.31. The zero-order valence-corrected chi connectivity index (χ0v) is 16.5. The van der Waals surface area contributed by atoms with E-state index in [0.29, 0.717) is 17.9 Å². The Morgan fingerprint density at radius 2 is 1.78 bits per heavy atom. The fourth-order valence-electron chi connectivity index (χ4n) is 2.61. The van der Waals surface area contributed by atoms with Crippen LogP contribution in [0.2, 0.25) is 5.02 Å². The third-order valence-corrected chi connectivity index (χ3v) is 6.42. The summed E-state index contributed by atoms with van der Waals surface area (Å²) in [4.78, 5) is 0.0456. The molecule has 0 amide bonds. The molecule has 0 aliphatic carbocycles. The van der Waals surface area contributed by atoms with Gasteiger partial charge in [-0.3, -0.25) is 0 Å². The summed E-state index contributed by atoms with van der Waals surface area (Å²) in [5.41, 5.74) is 0.0868. The maximum atomic E-state index is 14.1. The van der Waals surface area contributed by atoms with Gasteiger partial charge in [-0.15, -0.1) is 0 Å². The van der Waals surface area contributed by atoms with Crippen LogP contribution >= 0.6 is 11.6 Å². The SMILES string of the molecule is C[C@@H](CCO)CCN(Cc1ccc(F)cc1F)S(=O)(=O)c1ccc(Cl)cc1. The van der Waals surface area contributed by atoms with E-state index in [4.69, 9.17) is 16.7 Å². The van der Waals surface area contributed by atoms with Gasteiger partial charge in [0.2, 0.25) is 10.0 Å². The Labute approximate surface area is 163 Å². The molecule has 4 nitrogen and oxygen atoms in total. The average Bonchev–Trinajstić information content (AvgIpc) is 2.60. The summed E-state index contributed by atoms with van der Waals surface area (Å²) in [6.45, 7) is 1.84. The van der Waals surface area contributed by atoms with Crippen LogP contribution in [0, 0.1) is 17.6 Å². The second-order valence-corrected chi connectivity index (χ2v) is 8.81. The van der Waals surface area contributed by atoms with Gasteiger partial charge in [-0.25, -0.2) is 17.2 Å². The van der Waals surface area contributed by atoms with Crippen LogP contribution in [-0.2, 0) is 16.6 Å². The molecule has 1 atom stereocenters. The van der Waals surface area contributed by atoms with E-state index in [0.717, 1.165) is 12.1 Å². The highest BCUT2D eigenvalue weighted by atomic mass is 35.5. The van der Waals surface area contributed by atoms with Crippen molar-refractivity contribution in [3.05, 3.63) is 64.7 Å². The standard InChI is InChI=1S/C19H22ClF2NO3S/c1-14(9-11-24)8-10-23(13-15-2-5-17(21)12-19(15)22)27(25,26)18-6-3-16(20)4-7-18/h2-7,12,14,24H,8-11,13H2,1H3/t14-/m1/s1. The van der Waals surface area contributed by atoms with Gasteiger partial charge in [0.25, 0.3) is 0 Å². The highest BCUT2D eigenvalue weighted by molar-refractivity contribution is 7.89. The van der Waals surface area contributed by atoms with E-state index in [-0.39, 0.29) is 36.1 Å². The number of hydrogen-bond acceptors (Lipinski definition) is 3. The second-order valence-electron chi connectivity index (χ2n) is 6.43. The van der Waals surface area contributed by atoms with Crippen molar-refractivity contribution in [1.82, 2.24) is 4.31 Å². The van der Waals surface area contributed by atoms with Crippen LogP contribution in [0.4, 0.5) is 8.78 Å². The molecule has 0 radical (unpaired) electrons. The smallest absolute Gasteiger partial charge is 0.243 e. The molecule has 2 rings (SSSR count). The van der Waals surface area contributed by atoms with Gasteiger partial charge in [0.05, 0.1) is 4.90 Å². The molecule has 0 unspecified atom stereocenters. The molecule has 2 aromatic rings. The van der Waals surface area contributed by atoms with E-state index in [9.17, 15) is 17.2 Å². The van der Waals surface area contributed by atoms with Crippen molar-refractivity contribution in [3.8, 4) is 0 Å². The first-order valence-electron chi connectivity index (χ1n) is 8.54. The summed E-state index contributed by atoms with van der Waals surface area (Å²) in [7, 11) is -3.90. The molecule has 0 spiro atoms. The molecule has 8 heteroatoms. The van der Waals surface area contributed by atoms with E-state index >= 15 is 0 Å². The van der Waals surface area contributed by atoms with Crippen molar-refractivity contribution in [3.63, 3.8) is 0 Å². The maximum Gasteiger partial charge on any atom is 0.243 e. The molecule has 2 aromatic carbocycles. The highest BCUT2D eigenvalue weighted by Gasteiger charge is 2.26. The molecule has 0 aliphatic rings. The lowest BCUT2D eigenvalue weighted by Gasteiger charge is -2.24. The van der Waals surface area contributed by atoms with Crippen LogP contribution in [0.1, 0.15) is 25.3 Å². The van der Waals surface area contributed by atoms with E-state index in [1.165, 1.54) is 34.6 Å². The Morgan fingerprint density at radius 3 is 2.37 bits per heavy atom. The highest BCUT2D eigenvalue weighted by Crippen LogP contribution is 2.23. The number of aliphatic hydroxyl groups is 1. The number of hydrogen-bond donors (Lipinski definition) is 1. The normalized spacial score (nSPS) is 13.1. The number of aliphatic hydroxyl groups excluding tert-OH is 1. The van der Waals surface area contributed by atoms with Crippen molar-refractivity contribution in [2.24, 2.45) is 5.92 Å². The van der Waals surface area contributed by atoms with Crippen molar-refractivity contribution < 1.29 is 22.3 Å². The topological polar surface area (TPSA) is 57.6 Å². The molecule has 0 fully saturated rings. The van der Waals surface area contributed by atoms with Crippen LogP contribution in [0.5, 0.6) is 0 Å². The molecule has 0 bridgehead atoms. The third kappa shape index (κ3) is 5.97. The molecule has 0 saturated carbocycles. The number of benzene rings is 2. The van der Waals surface area contributed by atoms with E-state index < -0.39 is 21.7 Å². The predicted molar refractivity (Wildman–Crippen MR) is 101 cm³/mol. The fraction of sp³-hybridized carbons (Fsp3) is 0.368. The fourth-order valence-corrected chi connectivity index (χ4v) is 4.17. The van der Waals surface area contributed by atoms with Crippen molar-refractivity contribution >= 4 is 21.6 Å². The molecule has 0 aliphatic heterocycles. The number of nitrogens with zero attached hydrogens (tertiary/aromatic N) is 1. The minimum absolute atomic E-state index is 0.0116. The summed E-state index contributed by atoms with van der Waals surface area (Å²) in [5, 5.41) is 9.44. The first-order valence-corrected chi connectivity index (χ1v) is 10.4. The molecule has 0 saturated heterocycles. The monoisotopic (exact) mass is 417 g/mol. The second kappa shape index (κ2) is 9.59. The molecule has 27 heavy (non-hydrogen) atoms. The minimum Gasteiger partial charge on any atom is -0.396 e. The lowest BCUT2D eigenvalue weighted by molar-refractivity contribution is 0.251. The lowest BCUT2D eigenvalue weighted by Crippen LogP contribution is -2.33. The zero-order valence-electron chi connectivity index (χ0n) is 14.9. The quantitative estimate of drug-likeness (QED) is 0.664. The van der Waals surface area contributed by atoms with E-state index in [1.807, 2.05) is 6.92 Å². The first-order chi connectivity index (χ1) is 12.7. The molecule has 0 heterocycles. The predicted octanol–water partition coefficient (Wildman–Crippen LogP) is 4.22. The molecular weight excluding hydrogens is 396 g/mol. The Kier molecular flexibility index (Phi) is 7.73. The van der Waals surface area contributed by atoms with Crippen LogP contribution in [-0.4, -0.2) is 31.0 Å². The van der Waals surface area contributed by atoms with Gasteiger partial charge in [-0.1, -0.05) is 24.6 Å². The largest absolute Gasteiger partial charge is 0.396 e. The van der Waals surface area contributed by atoms with E-state index in [2.05, 4.69) is 0 Å². The summed E-state index contributed by atoms with van der Waals surface area (Å²) in [6.07, 6.45) is 1.04. The summed E-state index contributed by atoms with van der Waals surface area (Å²) >= 11 is 5.83. The average molecular weight is 418 g/mol. The third-order valence-electron chi connectivity index (χ3n) is 4.31. The minimum atomic E-state index is -3.90. The first kappa shape index (κ1) is 21.8. The van der Waals surface area contributed by atoms with Crippen LogP contribution in [0.25, 0.3) is 0 Å². The molecule has 1 N–H and O–H groups in total. The van der Waals surface area contributed by atoms with Crippen LogP contribution in [0.3, 0.4) is 0 Å². The van der Waals surface area contributed by atoms with Crippen molar-refractivity contribution in [2.75, 3.05) is 13.2 Å². The summed E-state index contributed by atoms with van der Waals surface area (Å²) in [6, 6.07) is 8.80.